The second-order valence-corrected chi connectivity index (χ2v) is 9.04. The van der Waals surface area contributed by atoms with Gasteiger partial charge < -0.3 is 0 Å². The molecule has 0 N–H and O–H groups in total. The van der Waals surface area contributed by atoms with Gasteiger partial charge in [-0.25, -0.2) is 12.8 Å². The third-order valence-electron chi connectivity index (χ3n) is 4.89. The van der Waals surface area contributed by atoms with Gasteiger partial charge in [-0.15, -0.1) is 0 Å². The monoisotopic (exact) mass is 435 g/mol. The summed E-state index contributed by atoms with van der Waals surface area (Å²) >= 11 is 5.75. The van der Waals surface area contributed by atoms with Gasteiger partial charge in [-0.05, 0) is 36.4 Å². The number of sulfonamides is 1. The minimum absolute atomic E-state index is 0.00407. The zero-order chi connectivity index (χ0) is 20.4. The van der Waals surface area contributed by atoms with Crippen LogP contribution in [0.3, 0.4) is 0 Å². The molecule has 10 heteroatoms. The van der Waals surface area contributed by atoms with E-state index in [1.54, 1.807) is 18.6 Å². The average molecular weight is 436 g/mol. The quantitative estimate of drug-likeness (QED) is 0.616. The van der Waals surface area contributed by atoms with Crippen LogP contribution in [0.1, 0.15) is 0 Å². The molecule has 3 heterocycles. The van der Waals surface area contributed by atoms with Gasteiger partial charge in [-0.3, -0.25) is 14.6 Å². The van der Waals surface area contributed by atoms with Crippen molar-refractivity contribution < 1.29 is 12.8 Å². The third-order valence-corrected chi connectivity index (χ3v) is 7.07. The highest BCUT2D eigenvalue weighted by Gasteiger charge is 2.29. The summed E-state index contributed by atoms with van der Waals surface area (Å²) in [5.41, 5.74) is 2.00. The maximum Gasteiger partial charge on any atom is 0.243 e. The van der Waals surface area contributed by atoms with Crippen molar-refractivity contribution in [1.29, 1.82) is 0 Å². The summed E-state index contributed by atoms with van der Waals surface area (Å²) in [4.78, 5) is 6.18. The highest BCUT2D eigenvalue weighted by Crippen LogP contribution is 2.24. The van der Waals surface area contributed by atoms with Gasteiger partial charge in [0.2, 0.25) is 10.0 Å². The van der Waals surface area contributed by atoms with Crippen molar-refractivity contribution in [2.75, 3.05) is 26.2 Å². The number of halogens is 2. The maximum absolute atomic E-state index is 13.4. The van der Waals surface area contributed by atoms with E-state index in [1.807, 2.05) is 22.9 Å². The van der Waals surface area contributed by atoms with Gasteiger partial charge in [0.25, 0.3) is 0 Å². The minimum Gasteiger partial charge on any atom is -0.282 e. The molecular formula is C19H19ClFN5O2S. The van der Waals surface area contributed by atoms with Crippen molar-refractivity contribution in [3.05, 3.63) is 65.8 Å². The fourth-order valence-electron chi connectivity index (χ4n) is 3.30. The first-order valence-corrected chi connectivity index (χ1v) is 10.9. The molecule has 0 spiro atoms. The Kier molecular flexibility index (Phi) is 5.64. The van der Waals surface area contributed by atoms with Crippen LogP contribution in [0.4, 0.5) is 4.39 Å². The summed E-state index contributed by atoms with van der Waals surface area (Å²) in [6.45, 7) is 2.35. The summed E-state index contributed by atoms with van der Waals surface area (Å²) in [5, 5.41) is 4.19. The number of piperazine rings is 1. The Labute approximate surface area is 173 Å². The minimum atomic E-state index is -3.71. The highest BCUT2D eigenvalue weighted by molar-refractivity contribution is 7.89. The maximum atomic E-state index is 13.4. The predicted octanol–water partition coefficient (Wildman–Crippen LogP) is 2.70. The molecule has 2 aromatic heterocycles. The Balaban J connectivity index is 1.43. The van der Waals surface area contributed by atoms with Crippen LogP contribution in [-0.4, -0.2) is 58.6 Å². The smallest absolute Gasteiger partial charge is 0.243 e. The molecule has 1 aliphatic rings. The first kappa shape index (κ1) is 20.0. The van der Waals surface area contributed by atoms with Gasteiger partial charge >= 0.3 is 0 Å². The largest absolute Gasteiger partial charge is 0.282 e. The number of benzene rings is 1. The molecule has 1 aromatic carbocycles. The summed E-state index contributed by atoms with van der Waals surface area (Å²) in [6, 6.07) is 9.26. The van der Waals surface area contributed by atoms with Crippen LogP contribution in [0.15, 0.2) is 59.9 Å². The van der Waals surface area contributed by atoms with Gasteiger partial charge in [0.15, 0.2) is 0 Å². The van der Waals surface area contributed by atoms with E-state index < -0.39 is 15.8 Å². The number of hydrogen-bond donors (Lipinski definition) is 0. The van der Waals surface area contributed by atoms with E-state index >= 15 is 0 Å². The molecule has 0 radical (unpaired) electrons. The Morgan fingerprint density at radius 1 is 1.00 bits per heavy atom. The average Bonchev–Trinajstić information content (AvgIpc) is 3.19. The fourth-order valence-corrected chi connectivity index (χ4v) is 4.99. The summed E-state index contributed by atoms with van der Waals surface area (Å²) in [7, 11) is -3.71. The van der Waals surface area contributed by atoms with Crippen molar-refractivity contribution in [3.8, 4) is 11.3 Å². The predicted molar refractivity (Wildman–Crippen MR) is 107 cm³/mol. The van der Waals surface area contributed by atoms with Crippen LogP contribution >= 0.6 is 11.6 Å². The molecule has 1 saturated heterocycles. The Bertz CT molecular complexity index is 1100. The molecule has 1 aliphatic heterocycles. The molecule has 0 amide bonds. The fraction of sp³-hybridized carbons (Fsp3) is 0.263. The normalized spacial score (nSPS) is 16.2. The van der Waals surface area contributed by atoms with Crippen LogP contribution in [0.5, 0.6) is 0 Å². The SMILES string of the molecule is O=S(=O)(c1ccc(F)c(Cl)c1)N1CCN(Cn2nccc2-c2ccncc2)CC1. The molecule has 7 nitrogen and oxygen atoms in total. The molecule has 4 rings (SSSR count). The van der Waals surface area contributed by atoms with Gasteiger partial charge in [-0.2, -0.15) is 9.40 Å². The van der Waals surface area contributed by atoms with Crippen molar-refractivity contribution in [3.63, 3.8) is 0 Å². The van der Waals surface area contributed by atoms with Crippen LogP contribution in [0.2, 0.25) is 5.02 Å². The van der Waals surface area contributed by atoms with E-state index in [9.17, 15) is 12.8 Å². The van der Waals surface area contributed by atoms with E-state index in [-0.39, 0.29) is 9.92 Å². The molecule has 152 valence electrons. The van der Waals surface area contributed by atoms with Gasteiger partial charge in [0.1, 0.15) is 5.82 Å². The molecule has 29 heavy (non-hydrogen) atoms. The molecule has 0 atom stereocenters. The van der Waals surface area contributed by atoms with E-state index in [0.717, 1.165) is 23.4 Å². The van der Waals surface area contributed by atoms with E-state index in [0.29, 0.717) is 32.8 Å². The first-order chi connectivity index (χ1) is 13.9. The lowest BCUT2D eigenvalue weighted by Crippen LogP contribution is -2.48. The lowest BCUT2D eigenvalue weighted by molar-refractivity contribution is 0.146. The van der Waals surface area contributed by atoms with Crippen molar-refractivity contribution in [2.24, 2.45) is 0 Å². The zero-order valence-corrected chi connectivity index (χ0v) is 17.0. The first-order valence-electron chi connectivity index (χ1n) is 9.05. The summed E-state index contributed by atoms with van der Waals surface area (Å²) in [6.07, 6.45) is 5.21. The Morgan fingerprint density at radius 2 is 1.72 bits per heavy atom. The van der Waals surface area contributed by atoms with E-state index in [1.165, 1.54) is 10.4 Å². The number of rotatable bonds is 5. The number of pyridine rings is 1. The molecule has 1 fully saturated rings. The molecule has 3 aromatic rings. The second-order valence-electron chi connectivity index (χ2n) is 6.69. The third kappa shape index (κ3) is 4.18. The van der Waals surface area contributed by atoms with Crippen molar-refractivity contribution in [2.45, 2.75) is 11.6 Å². The van der Waals surface area contributed by atoms with Gasteiger partial charge in [0, 0.05) is 50.3 Å². The summed E-state index contributed by atoms with van der Waals surface area (Å²) < 4.78 is 42.3. The molecule has 0 unspecified atom stereocenters. The standard InChI is InChI=1S/C19H19ClFN5O2S/c20-17-13-16(1-2-18(17)21)29(27,28)25-11-9-24(10-12-25)14-26-19(5-8-23-26)15-3-6-22-7-4-15/h1-8,13H,9-12,14H2. The number of aromatic nitrogens is 3. The van der Waals surface area contributed by atoms with Gasteiger partial charge in [0.05, 0.1) is 22.3 Å². The molecule has 0 saturated carbocycles. The second kappa shape index (κ2) is 8.19. The Hall–Kier alpha value is -2.33. The highest BCUT2D eigenvalue weighted by atomic mass is 35.5. The molecule has 0 bridgehead atoms. The van der Waals surface area contributed by atoms with E-state index in [2.05, 4.69) is 15.0 Å². The van der Waals surface area contributed by atoms with Crippen LogP contribution < -0.4 is 0 Å². The Morgan fingerprint density at radius 3 is 2.41 bits per heavy atom. The van der Waals surface area contributed by atoms with Crippen LogP contribution in [0, 0.1) is 5.82 Å². The van der Waals surface area contributed by atoms with E-state index in [4.69, 9.17) is 11.6 Å². The lowest BCUT2D eigenvalue weighted by atomic mass is 10.2. The van der Waals surface area contributed by atoms with Crippen molar-refractivity contribution >= 4 is 21.6 Å². The van der Waals surface area contributed by atoms with Crippen LogP contribution in [0.25, 0.3) is 11.3 Å². The molecular weight excluding hydrogens is 417 g/mol. The van der Waals surface area contributed by atoms with Crippen molar-refractivity contribution in [1.82, 2.24) is 24.0 Å². The zero-order valence-electron chi connectivity index (χ0n) is 15.4. The molecule has 0 aliphatic carbocycles. The van der Waals surface area contributed by atoms with Crippen LogP contribution in [-0.2, 0) is 16.7 Å². The summed E-state index contributed by atoms with van der Waals surface area (Å²) in [5.74, 6) is -0.639. The number of nitrogens with zero attached hydrogens (tertiary/aromatic N) is 5. The van der Waals surface area contributed by atoms with Gasteiger partial charge in [-0.1, -0.05) is 11.6 Å². The topological polar surface area (TPSA) is 71.3 Å². The lowest BCUT2D eigenvalue weighted by Gasteiger charge is -2.34. The number of hydrogen-bond acceptors (Lipinski definition) is 5.